The summed E-state index contributed by atoms with van der Waals surface area (Å²) in [4.78, 5) is 11.7. The van der Waals surface area contributed by atoms with Crippen LogP contribution in [0.4, 0.5) is 0 Å². The third-order valence-electron chi connectivity index (χ3n) is 1.79. The van der Waals surface area contributed by atoms with Gasteiger partial charge in [0, 0.05) is 4.11 Å². The summed E-state index contributed by atoms with van der Waals surface area (Å²) in [7, 11) is -2.73. The first-order valence-electron chi connectivity index (χ1n) is 7.65. The van der Waals surface area contributed by atoms with Crippen LogP contribution in [0.25, 0.3) is 0 Å². The third kappa shape index (κ3) is 2.89. The van der Waals surface area contributed by atoms with E-state index in [4.69, 9.17) is 22.4 Å². The Morgan fingerprint density at radius 3 is 2.94 bits per heavy atom. The standard InChI is InChI=1S/C12H16O4/c1-4-15-11-8-9(12(13)16-5-2)6-7-10(11)14-3/h6-8H,4-5H2,1-3H3/i1D3,3D3. The fraction of sp³-hybridized carbons (Fsp3) is 0.417. The first-order chi connectivity index (χ1) is 10.0. The maximum atomic E-state index is 11.7. The van der Waals surface area contributed by atoms with E-state index in [0.717, 1.165) is 0 Å². The van der Waals surface area contributed by atoms with Gasteiger partial charge in [-0.15, -0.1) is 0 Å². The van der Waals surface area contributed by atoms with Crippen molar-refractivity contribution in [1.29, 1.82) is 0 Å². The minimum absolute atomic E-state index is 0.0975. The van der Waals surface area contributed by atoms with Crippen LogP contribution in [-0.4, -0.2) is 26.2 Å². The van der Waals surface area contributed by atoms with E-state index in [1.54, 1.807) is 6.92 Å². The Kier molecular flexibility index (Phi) is 2.30. The van der Waals surface area contributed by atoms with Gasteiger partial charge in [-0.05, 0) is 32.0 Å². The van der Waals surface area contributed by atoms with Crippen molar-refractivity contribution in [2.75, 3.05) is 20.3 Å². The molecule has 0 unspecified atom stereocenters. The molecule has 1 rings (SSSR count). The van der Waals surface area contributed by atoms with Crippen molar-refractivity contribution in [3.8, 4) is 11.5 Å². The lowest BCUT2D eigenvalue weighted by Crippen LogP contribution is -2.05. The SMILES string of the molecule is [2H]C([2H])([2H])COc1cc(C(=O)OCC)ccc1OC([2H])([2H])[2H]. The lowest BCUT2D eigenvalue weighted by atomic mass is 10.2. The average Bonchev–Trinajstić information content (AvgIpc) is 2.35. The van der Waals surface area contributed by atoms with Crippen molar-refractivity contribution in [3.05, 3.63) is 23.8 Å². The topological polar surface area (TPSA) is 44.8 Å². The number of hydrogen-bond donors (Lipinski definition) is 0. The van der Waals surface area contributed by atoms with E-state index in [1.165, 1.54) is 18.2 Å². The zero-order valence-electron chi connectivity index (χ0n) is 14.8. The summed E-state index contributed by atoms with van der Waals surface area (Å²) in [5.74, 6) is -0.975. The molecule has 0 fully saturated rings. The van der Waals surface area contributed by atoms with E-state index < -0.39 is 26.5 Å². The predicted molar refractivity (Wildman–Crippen MR) is 60.1 cm³/mol. The molecule has 0 saturated heterocycles. The second-order valence-electron chi connectivity index (χ2n) is 2.77. The van der Waals surface area contributed by atoms with Crippen molar-refractivity contribution in [2.24, 2.45) is 0 Å². The van der Waals surface area contributed by atoms with Gasteiger partial charge in [0.2, 0.25) is 0 Å². The quantitative estimate of drug-likeness (QED) is 0.728. The molecule has 0 aliphatic rings. The smallest absolute Gasteiger partial charge is 0.338 e. The minimum atomic E-state index is -2.73. The van der Waals surface area contributed by atoms with Gasteiger partial charge in [-0.25, -0.2) is 4.79 Å². The Morgan fingerprint density at radius 1 is 1.38 bits per heavy atom. The van der Waals surface area contributed by atoms with Crippen molar-refractivity contribution in [1.82, 2.24) is 0 Å². The molecular formula is C12H16O4. The zero-order valence-corrected chi connectivity index (χ0v) is 8.78. The van der Waals surface area contributed by atoms with Gasteiger partial charge < -0.3 is 14.2 Å². The number of carbonyl (C=O) groups is 1. The molecule has 4 nitrogen and oxygen atoms in total. The molecule has 88 valence electrons. The molecule has 4 heteroatoms. The summed E-state index contributed by atoms with van der Waals surface area (Å²) < 4.78 is 57.1. The molecule has 0 saturated carbocycles. The van der Waals surface area contributed by atoms with E-state index in [2.05, 4.69) is 0 Å². The van der Waals surface area contributed by atoms with E-state index in [1.807, 2.05) is 0 Å². The van der Waals surface area contributed by atoms with Crippen LogP contribution in [0.15, 0.2) is 18.2 Å². The minimum Gasteiger partial charge on any atom is -0.493 e. The van der Waals surface area contributed by atoms with Crippen molar-refractivity contribution in [3.63, 3.8) is 0 Å². The van der Waals surface area contributed by atoms with Gasteiger partial charge >= 0.3 is 5.97 Å². The number of hydrogen-bond acceptors (Lipinski definition) is 4. The molecule has 0 heterocycles. The van der Waals surface area contributed by atoms with E-state index in [9.17, 15) is 4.79 Å². The first-order valence-corrected chi connectivity index (χ1v) is 4.65. The number of esters is 1. The van der Waals surface area contributed by atoms with Crippen molar-refractivity contribution < 1.29 is 27.2 Å². The Hall–Kier alpha value is -1.71. The molecular weight excluding hydrogens is 208 g/mol. The summed E-state index contributed by atoms with van der Waals surface area (Å²) in [5, 5.41) is 0. The largest absolute Gasteiger partial charge is 0.493 e. The van der Waals surface area contributed by atoms with Gasteiger partial charge in [-0.1, -0.05) is 0 Å². The van der Waals surface area contributed by atoms with Gasteiger partial charge in [0.1, 0.15) is 0 Å². The highest BCUT2D eigenvalue weighted by Crippen LogP contribution is 2.28. The molecule has 0 N–H and O–H groups in total. The van der Waals surface area contributed by atoms with Crippen LogP contribution in [0.5, 0.6) is 11.5 Å². The summed E-state index contributed by atoms with van der Waals surface area (Å²) in [6.45, 7) is -1.23. The van der Waals surface area contributed by atoms with Crippen LogP contribution in [-0.2, 0) is 4.74 Å². The predicted octanol–water partition coefficient (Wildman–Crippen LogP) is 2.27. The summed E-state index contributed by atoms with van der Waals surface area (Å²) in [5.41, 5.74) is 0.0975. The Morgan fingerprint density at radius 2 is 2.25 bits per heavy atom. The van der Waals surface area contributed by atoms with Crippen LogP contribution in [0.1, 0.15) is 32.4 Å². The molecule has 0 aliphatic heterocycles. The fourth-order valence-corrected chi connectivity index (χ4v) is 1.12. The number of ether oxygens (including phenoxy) is 3. The monoisotopic (exact) mass is 230 g/mol. The maximum Gasteiger partial charge on any atom is 0.338 e. The van der Waals surface area contributed by atoms with Crippen molar-refractivity contribution in [2.45, 2.75) is 13.8 Å². The van der Waals surface area contributed by atoms with Crippen LogP contribution in [0, 0.1) is 0 Å². The lowest BCUT2D eigenvalue weighted by molar-refractivity contribution is 0.0526. The lowest BCUT2D eigenvalue weighted by Gasteiger charge is -2.10. The van der Waals surface area contributed by atoms with E-state index in [-0.39, 0.29) is 23.7 Å². The first kappa shape index (κ1) is 6.13. The van der Waals surface area contributed by atoms with Gasteiger partial charge in [-0.2, -0.15) is 0 Å². The van der Waals surface area contributed by atoms with Crippen LogP contribution >= 0.6 is 0 Å². The number of benzene rings is 1. The molecule has 0 aliphatic carbocycles. The van der Waals surface area contributed by atoms with Crippen molar-refractivity contribution >= 4 is 5.97 Å². The summed E-state index contributed by atoms with van der Waals surface area (Å²) in [6.07, 6.45) is 0. The van der Waals surface area contributed by atoms with Gasteiger partial charge in [0.25, 0.3) is 0 Å². The summed E-state index contributed by atoms with van der Waals surface area (Å²) in [6, 6.07) is 3.71. The second-order valence-corrected chi connectivity index (χ2v) is 2.77. The molecule has 0 bridgehead atoms. The van der Waals surface area contributed by atoms with E-state index in [0.29, 0.717) is 0 Å². The Bertz CT molecular complexity index is 523. The fourth-order valence-electron chi connectivity index (χ4n) is 1.12. The molecule has 0 aromatic heterocycles. The molecule has 16 heavy (non-hydrogen) atoms. The Labute approximate surface area is 104 Å². The zero-order chi connectivity index (χ0) is 17.0. The number of rotatable bonds is 5. The molecule has 1 aromatic rings. The molecule has 1 aromatic carbocycles. The number of carbonyl (C=O) groups excluding carboxylic acids is 1. The van der Waals surface area contributed by atoms with Gasteiger partial charge in [0.05, 0.1) is 29.9 Å². The van der Waals surface area contributed by atoms with Crippen LogP contribution < -0.4 is 9.47 Å². The third-order valence-corrected chi connectivity index (χ3v) is 1.79. The maximum absolute atomic E-state index is 11.7. The highest BCUT2D eigenvalue weighted by atomic mass is 16.5. The molecule has 0 atom stereocenters. The highest BCUT2D eigenvalue weighted by Gasteiger charge is 2.11. The van der Waals surface area contributed by atoms with Crippen LogP contribution in [0.2, 0.25) is 0 Å². The normalized spacial score (nSPS) is 16.8. The second kappa shape index (κ2) is 6.00. The number of methoxy groups -OCH3 is 1. The molecule has 0 spiro atoms. The van der Waals surface area contributed by atoms with Gasteiger partial charge in [0.15, 0.2) is 11.5 Å². The van der Waals surface area contributed by atoms with Gasteiger partial charge in [-0.3, -0.25) is 0 Å². The van der Waals surface area contributed by atoms with E-state index >= 15 is 0 Å². The Balaban J connectivity index is 3.07. The summed E-state index contributed by atoms with van der Waals surface area (Å²) >= 11 is 0. The molecule has 0 amide bonds. The highest BCUT2D eigenvalue weighted by molar-refractivity contribution is 5.90. The van der Waals surface area contributed by atoms with Crippen LogP contribution in [0.3, 0.4) is 0 Å². The average molecular weight is 230 g/mol. The molecule has 0 radical (unpaired) electrons.